The molecule has 5 heteroatoms. The number of ether oxygens (including phenoxy) is 2. The van der Waals surface area contributed by atoms with Crippen LogP contribution in [0.5, 0.6) is 0 Å². The minimum absolute atomic E-state index is 0.0594. The van der Waals surface area contributed by atoms with Gasteiger partial charge in [0.2, 0.25) is 0 Å². The second kappa shape index (κ2) is 5.22. The number of methoxy groups -OCH3 is 1. The number of amides is 1. The second-order valence-electron chi connectivity index (χ2n) is 5.73. The normalized spacial score (nSPS) is 31.8. The Balaban J connectivity index is 1.70. The van der Waals surface area contributed by atoms with Gasteiger partial charge in [0.05, 0.1) is 18.3 Å². The van der Waals surface area contributed by atoms with Crippen LogP contribution in [0.3, 0.4) is 0 Å². The molecule has 1 aromatic heterocycles. The van der Waals surface area contributed by atoms with Gasteiger partial charge in [0.1, 0.15) is 11.5 Å². The number of carbonyl (C=O) groups is 1. The zero-order chi connectivity index (χ0) is 14.3. The van der Waals surface area contributed by atoms with E-state index in [-0.39, 0.29) is 24.0 Å². The molecule has 1 N–H and O–H groups in total. The van der Waals surface area contributed by atoms with Gasteiger partial charge in [-0.25, -0.2) is 0 Å². The average Bonchev–Trinajstić information content (AvgIpc) is 2.97. The summed E-state index contributed by atoms with van der Waals surface area (Å²) in [5, 5.41) is 3.13. The number of aryl methyl sites for hydroxylation is 2. The Kier molecular flexibility index (Phi) is 3.56. The summed E-state index contributed by atoms with van der Waals surface area (Å²) in [6, 6.07) is 1.93. The Labute approximate surface area is 118 Å². The van der Waals surface area contributed by atoms with Crippen LogP contribution in [0.15, 0.2) is 10.5 Å². The van der Waals surface area contributed by atoms with Crippen molar-refractivity contribution in [2.75, 3.05) is 20.3 Å². The zero-order valence-corrected chi connectivity index (χ0v) is 12.1. The first-order chi connectivity index (χ1) is 9.61. The highest BCUT2D eigenvalue weighted by Gasteiger charge is 2.54. The number of carbonyl (C=O) groups excluding carboxylic acids is 1. The summed E-state index contributed by atoms with van der Waals surface area (Å²) in [6.07, 6.45) is 1.26. The molecule has 0 radical (unpaired) electrons. The monoisotopic (exact) mass is 279 g/mol. The van der Waals surface area contributed by atoms with E-state index in [9.17, 15) is 4.79 Å². The fourth-order valence-corrected chi connectivity index (χ4v) is 3.52. The maximum atomic E-state index is 12.4. The van der Waals surface area contributed by atoms with Crippen molar-refractivity contribution in [3.8, 4) is 0 Å². The van der Waals surface area contributed by atoms with E-state index in [2.05, 4.69) is 5.32 Å². The van der Waals surface area contributed by atoms with Gasteiger partial charge >= 0.3 is 0 Å². The summed E-state index contributed by atoms with van der Waals surface area (Å²) in [4.78, 5) is 12.4. The quantitative estimate of drug-likeness (QED) is 0.911. The Morgan fingerprint density at radius 2 is 2.30 bits per heavy atom. The van der Waals surface area contributed by atoms with Crippen molar-refractivity contribution < 1.29 is 18.7 Å². The van der Waals surface area contributed by atoms with Crippen molar-refractivity contribution >= 4 is 5.91 Å². The standard InChI is InChI=1S/C15H21NO4/c1-8-6-11(9(2)20-8)15(17)16-13-10-4-5-19-14(10)12(13)7-18-3/h6,10,12-14H,4-5,7H2,1-3H3,(H,16,17)/t10-,12+,13+,14-/m1/s1. The highest BCUT2D eigenvalue weighted by molar-refractivity contribution is 5.95. The average molecular weight is 279 g/mol. The predicted octanol–water partition coefficient (Wildman–Crippen LogP) is 1.68. The van der Waals surface area contributed by atoms with E-state index >= 15 is 0 Å². The molecule has 0 spiro atoms. The van der Waals surface area contributed by atoms with E-state index in [4.69, 9.17) is 13.9 Å². The molecule has 0 unspecified atom stereocenters. The molecule has 1 amide bonds. The lowest BCUT2D eigenvalue weighted by atomic mass is 9.67. The van der Waals surface area contributed by atoms with Crippen LogP contribution in [0.2, 0.25) is 0 Å². The van der Waals surface area contributed by atoms with E-state index < -0.39 is 0 Å². The van der Waals surface area contributed by atoms with Gasteiger partial charge in [0.25, 0.3) is 5.91 Å². The molecule has 1 aromatic rings. The molecule has 2 aliphatic rings. The summed E-state index contributed by atoms with van der Waals surface area (Å²) in [5.74, 6) is 2.05. The first-order valence-corrected chi connectivity index (χ1v) is 7.10. The predicted molar refractivity (Wildman–Crippen MR) is 72.6 cm³/mol. The first-order valence-electron chi connectivity index (χ1n) is 7.10. The van der Waals surface area contributed by atoms with Crippen LogP contribution in [0.4, 0.5) is 0 Å². The first kappa shape index (κ1) is 13.6. The molecule has 3 rings (SSSR count). The van der Waals surface area contributed by atoms with Crippen LogP contribution < -0.4 is 5.32 Å². The van der Waals surface area contributed by atoms with E-state index in [1.54, 1.807) is 13.2 Å². The summed E-state index contributed by atoms with van der Waals surface area (Å²) >= 11 is 0. The Bertz CT molecular complexity index is 510. The molecule has 1 aliphatic heterocycles. The molecule has 1 saturated heterocycles. The van der Waals surface area contributed by atoms with Crippen molar-refractivity contribution in [1.29, 1.82) is 0 Å². The van der Waals surface area contributed by atoms with Gasteiger partial charge in [-0.05, 0) is 26.3 Å². The topological polar surface area (TPSA) is 60.7 Å². The molecule has 2 heterocycles. The minimum atomic E-state index is -0.0594. The molecule has 1 saturated carbocycles. The summed E-state index contributed by atoms with van der Waals surface area (Å²) in [7, 11) is 1.69. The van der Waals surface area contributed by atoms with E-state index in [0.717, 1.165) is 18.8 Å². The van der Waals surface area contributed by atoms with Crippen LogP contribution in [0, 0.1) is 25.7 Å². The van der Waals surface area contributed by atoms with Crippen LogP contribution in [0.1, 0.15) is 28.3 Å². The van der Waals surface area contributed by atoms with Crippen LogP contribution in [-0.2, 0) is 9.47 Å². The van der Waals surface area contributed by atoms with Crippen molar-refractivity contribution in [2.24, 2.45) is 11.8 Å². The molecule has 2 fully saturated rings. The Hall–Kier alpha value is -1.33. The van der Waals surface area contributed by atoms with E-state index in [1.807, 2.05) is 13.8 Å². The van der Waals surface area contributed by atoms with E-state index in [0.29, 0.717) is 23.8 Å². The summed E-state index contributed by atoms with van der Waals surface area (Å²) < 4.78 is 16.4. The summed E-state index contributed by atoms with van der Waals surface area (Å²) in [5.41, 5.74) is 0.626. The third kappa shape index (κ3) is 2.15. The molecular formula is C15H21NO4. The van der Waals surface area contributed by atoms with Crippen molar-refractivity contribution in [3.05, 3.63) is 23.2 Å². The molecule has 0 bridgehead atoms. The lowest BCUT2D eigenvalue weighted by molar-refractivity contribution is -0.0809. The van der Waals surface area contributed by atoms with Gasteiger partial charge in [-0.15, -0.1) is 0 Å². The maximum Gasteiger partial charge on any atom is 0.255 e. The third-order valence-corrected chi connectivity index (χ3v) is 4.47. The SMILES string of the molecule is COC[C@H]1[C@@H](NC(=O)c2cc(C)oc2C)[C@H]2CCO[C@H]21. The van der Waals surface area contributed by atoms with Gasteiger partial charge in [-0.2, -0.15) is 0 Å². The van der Waals surface area contributed by atoms with Gasteiger partial charge in [-0.3, -0.25) is 4.79 Å². The number of furan rings is 1. The molecule has 110 valence electrons. The number of rotatable bonds is 4. The number of fused-ring (bicyclic) bond motifs is 1. The number of hydrogen-bond donors (Lipinski definition) is 1. The Morgan fingerprint density at radius 1 is 1.50 bits per heavy atom. The van der Waals surface area contributed by atoms with Crippen LogP contribution >= 0.6 is 0 Å². The molecule has 0 aromatic carbocycles. The molecule has 4 atom stereocenters. The highest BCUT2D eigenvalue weighted by Crippen LogP contribution is 2.43. The Morgan fingerprint density at radius 3 is 2.95 bits per heavy atom. The smallest absolute Gasteiger partial charge is 0.255 e. The van der Waals surface area contributed by atoms with Crippen LogP contribution in [-0.4, -0.2) is 38.4 Å². The largest absolute Gasteiger partial charge is 0.466 e. The molecular weight excluding hydrogens is 258 g/mol. The number of nitrogens with one attached hydrogen (secondary N) is 1. The zero-order valence-electron chi connectivity index (χ0n) is 12.1. The third-order valence-electron chi connectivity index (χ3n) is 4.47. The fraction of sp³-hybridized carbons (Fsp3) is 0.667. The minimum Gasteiger partial charge on any atom is -0.466 e. The highest BCUT2D eigenvalue weighted by atomic mass is 16.5. The maximum absolute atomic E-state index is 12.4. The van der Waals surface area contributed by atoms with Gasteiger partial charge < -0.3 is 19.2 Å². The van der Waals surface area contributed by atoms with Crippen molar-refractivity contribution in [2.45, 2.75) is 32.4 Å². The van der Waals surface area contributed by atoms with Gasteiger partial charge in [0, 0.05) is 31.6 Å². The second-order valence-corrected chi connectivity index (χ2v) is 5.73. The van der Waals surface area contributed by atoms with Crippen LogP contribution in [0.25, 0.3) is 0 Å². The van der Waals surface area contributed by atoms with E-state index in [1.165, 1.54) is 0 Å². The lowest BCUT2D eigenvalue weighted by Crippen LogP contribution is -2.62. The van der Waals surface area contributed by atoms with Gasteiger partial charge in [0.15, 0.2) is 0 Å². The lowest BCUT2D eigenvalue weighted by Gasteiger charge is -2.47. The fourth-order valence-electron chi connectivity index (χ4n) is 3.52. The summed E-state index contributed by atoms with van der Waals surface area (Å²) in [6.45, 7) is 5.07. The molecule has 5 nitrogen and oxygen atoms in total. The molecule has 1 aliphatic carbocycles. The number of hydrogen-bond acceptors (Lipinski definition) is 4. The van der Waals surface area contributed by atoms with Gasteiger partial charge in [-0.1, -0.05) is 0 Å². The molecule has 20 heavy (non-hydrogen) atoms. The van der Waals surface area contributed by atoms with Crippen molar-refractivity contribution in [1.82, 2.24) is 5.32 Å². The van der Waals surface area contributed by atoms with Crippen molar-refractivity contribution in [3.63, 3.8) is 0 Å².